The smallest absolute Gasteiger partial charge is 0.349 e. The van der Waals surface area contributed by atoms with Gasteiger partial charge < -0.3 is 22.9 Å². The maximum atomic E-state index is 7.16. The van der Waals surface area contributed by atoms with E-state index in [1.165, 1.54) is 0 Å². The van der Waals surface area contributed by atoms with Crippen molar-refractivity contribution in [3.8, 4) is 0 Å². The van der Waals surface area contributed by atoms with Gasteiger partial charge in [-0.1, -0.05) is 62.3 Å². The van der Waals surface area contributed by atoms with Gasteiger partial charge in [-0.2, -0.15) is 0 Å². The standard InChI is InChI=1S/C26H48N4O4Si2/c1-24(2,3)35(12,13)33-22-20(18-14-27-23(28-15-18)29-17-30(10)11)32-19-16-31-36(25(4,5)6,26(7,8)9)34-21(19)22/h14-15,17,19-22H,16H2,1-13H3/b29-17-/t19-,20+,21-,22+/m1/s1. The summed E-state index contributed by atoms with van der Waals surface area (Å²) in [5.41, 5.74) is 0.874. The molecule has 2 aliphatic rings. The molecule has 204 valence electrons. The Morgan fingerprint density at radius 2 is 1.58 bits per heavy atom. The SMILES string of the molecule is CN(C)/C=N\c1ncc([C@@H]2O[C@@H]3CO[Si](C(C)(C)C)(C(C)(C)C)O[C@H]3[C@H]2O[Si](C)(C)C(C)(C)C)cn1. The summed E-state index contributed by atoms with van der Waals surface area (Å²) in [6.45, 7) is 25.3. The van der Waals surface area contributed by atoms with Crippen molar-refractivity contribution in [1.29, 1.82) is 0 Å². The van der Waals surface area contributed by atoms with E-state index in [1.54, 1.807) is 18.7 Å². The van der Waals surface area contributed by atoms with Crippen molar-refractivity contribution in [2.75, 3.05) is 20.7 Å². The molecule has 8 nitrogen and oxygen atoms in total. The van der Waals surface area contributed by atoms with Gasteiger partial charge in [-0.25, -0.2) is 15.0 Å². The zero-order chi connectivity index (χ0) is 27.3. The van der Waals surface area contributed by atoms with Crippen LogP contribution in [0.3, 0.4) is 0 Å². The maximum Gasteiger partial charge on any atom is 0.349 e. The van der Waals surface area contributed by atoms with Crippen LogP contribution >= 0.6 is 0 Å². The van der Waals surface area contributed by atoms with E-state index >= 15 is 0 Å². The molecule has 2 fully saturated rings. The number of aromatic nitrogens is 2. The molecule has 1 aromatic heterocycles. The summed E-state index contributed by atoms with van der Waals surface area (Å²) in [6.07, 6.45) is 4.27. The Hall–Kier alpha value is -1.18. The van der Waals surface area contributed by atoms with Crippen molar-refractivity contribution < 1.29 is 18.0 Å². The zero-order valence-corrected chi connectivity index (χ0v) is 26.7. The minimum Gasteiger partial charge on any atom is -0.408 e. The lowest BCUT2D eigenvalue weighted by Gasteiger charge is -2.54. The molecule has 2 aliphatic heterocycles. The van der Waals surface area contributed by atoms with Gasteiger partial charge in [-0.3, -0.25) is 0 Å². The van der Waals surface area contributed by atoms with Crippen LogP contribution in [0.25, 0.3) is 0 Å². The lowest BCUT2D eigenvalue weighted by Crippen LogP contribution is -2.66. The number of hydrogen-bond donors (Lipinski definition) is 0. The first kappa shape index (κ1) is 29.4. The van der Waals surface area contributed by atoms with Crippen LogP contribution in [0.1, 0.15) is 74.0 Å². The van der Waals surface area contributed by atoms with Crippen molar-refractivity contribution in [1.82, 2.24) is 14.9 Å². The molecule has 0 amide bonds. The molecule has 4 atom stereocenters. The van der Waals surface area contributed by atoms with Crippen LogP contribution in [0.15, 0.2) is 17.4 Å². The molecule has 0 bridgehead atoms. The molecule has 0 N–H and O–H groups in total. The van der Waals surface area contributed by atoms with Crippen LogP contribution in [0.2, 0.25) is 28.2 Å². The molecular weight excluding hydrogens is 488 g/mol. The molecule has 2 saturated heterocycles. The van der Waals surface area contributed by atoms with E-state index in [4.69, 9.17) is 18.0 Å². The van der Waals surface area contributed by atoms with Gasteiger partial charge >= 0.3 is 8.56 Å². The predicted octanol–water partition coefficient (Wildman–Crippen LogP) is 5.99. The van der Waals surface area contributed by atoms with Crippen molar-refractivity contribution in [3.05, 3.63) is 18.0 Å². The average Bonchev–Trinajstić information content (AvgIpc) is 3.07. The highest BCUT2D eigenvalue weighted by Gasteiger charge is 2.65. The molecule has 0 spiro atoms. The number of hydrogen-bond acceptors (Lipinski definition) is 7. The van der Waals surface area contributed by atoms with Gasteiger partial charge in [0.2, 0.25) is 0 Å². The fourth-order valence-corrected chi connectivity index (χ4v) is 11.2. The summed E-state index contributed by atoms with van der Waals surface area (Å²) in [4.78, 5) is 15.1. The summed E-state index contributed by atoms with van der Waals surface area (Å²) in [6, 6.07) is 0. The topological polar surface area (TPSA) is 78.3 Å². The Kier molecular flexibility index (Phi) is 8.04. The molecule has 36 heavy (non-hydrogen) atoms. The average molecular weight is 537 g/mol. The Balaban J connectivity index is 2.02. The highest BCUT2D eigenvalue weighted by atomic mass is 28.4. The molecule has 10 heteroatoms. The maximum absolute atomic E-state index is 7.16. The van der Waals surface area contributed by atoms with Gasteiger partial charge in [0.05, 0.1) is 12.9 Å². The van der Waals surface area contributed by atoms with Gasteiger partial charge in [0, 0.05) is 42.1 Å². The molecule has 0 aliphatic carbocycles. The van der Waals surface area contributed by atoms with E-state index < -0.39 is 16.9 Å². The number of ether oxygens (including phenoxy) is 1. The van der Waals surface area contributed by atoms with Crippen LogP contribution < -0.4 is 0 Å². The zero-order valence-electron chi connectivity index (χ0n) is 24.7. The quantitative estimate of drug-likeness (QED) is 0.260. The third-order valence-electron chi connectivity index (χ3n) is 7.67. The Labute approximate surface area is 220 Å². The van der Waals surface area contributed by atoms with Gasteiger partial charge in [-0.05, 0) is 18.1 Å². The van der Waals surface area contributed by atoms with Crippen molar-refractivity contribution in [2.24, 2.45) is 4.99 Å². The lowest BCUT2D eigenvalue weighted by molar-refractivity contribution is -0.0716. The first-order valence-electron chi connectivity index (χ1n) is 13.0. The van der Waals surface area contributed by atoms with Crippen LogP contribution in [0.4, 0.5) is 5.95 Å². The first-order valence-corrected chi connectivity index (χ1v) is 17.7. The summed E-state index contributed by atoms with van der Waals surface area (Å²) >= 11 is 0. The lowest BCUT2D eigenvalue weighted by atomic mass is 10.0. The second-order valence-electron chi connectivity index (χ2n) is 14.0. The second-order valence-corrected chi connectivity index (χ2v) is 23.5. The van der Waals surface area contributed by atoms with E-state index in [1.807, 2.05) is 19.0 Å². The summed E-state index contributed by atoms with van der Waals surface area (Å²) in [5, 5.41) is -0.194. The summed E-state index contributed by atoms with van der Waals surface area (Å²) < 4.78 is 27.6. The van der Waals surface area contributed by atoms with Crippen LogP contribution in [0.5, 0.6) is 0 Å². The molecule has 0 saturated carbocycles. The van der Waals surface area contributed by atoms with Gasteiger partial charge in [0.25, 0.3) is 5.95 Å². The fourth-order valence-electron chi connectivity index (χ4n) is 4.97. The molecule has 0 unspecified atom stereocenters. The van der Waals surface area contributed by atoms with Crippen LogP contribution in [0, 0.1) is 0 Å². The van der Waals surface area contributed by atoms with Crippen molar-refractivity contribution in [3.63, 3.8) is 0 Å². The van der Waals surface area contributed by atoms with E-state index in [0.717, 1.165) is 5.56 Å². The first-order chi connectivity index (χ1) is 16.3. The number of rotatable bonds is 5. The fraction of sp³-hybridized carbons (Fsp3) is 0.808. The number of fused-ring (bicyclic) bond motifs is 1. The highest BCUT2D eigenvalue weighted by molar-refractivity contribution is 6.74. The Morgan fingerprint density at radius 1 is 1.03 bits per heavy atom. The molecule has 3 rings (SSSR count). The Morgan fingerprint density at radius 3 is 2.06 bits per heavy atom. The summed E-state index contributed by atoms with van der Waals surface area (Å²) in [7, 11) is -1.02. The van der Waals surface area contributed by atoms with E-state index in [9.17, 15) is 0 Å². The third-order valence-corrected chi connectivity index (χ3v) is 17.3. The van der Waals surface area contributed by atoms with Crippen molar-refractivity contribution >= 4 is 29.2 Å². The monoisotopic (exact) mass is 536 g/mol. The minimum absolute atomic E-state index is 0.0463. The predicted molar refractivity (Wildman–Crippen MR) is 150 cm³/mol. The van der Waals surface area contributed by atoms with Gasteiger partial charge in [0.1, 0.15) is 24.4 Å². The largest absolute Gasteiger partial charge is 0.408 e. The Bertz CT molecular complexity index is 919. The van der Waals surface area contributed by atoms with Crippen molar-refractivity contribution in [2.45, 2.75) is 115 Å². The van der Waals surface area contributed by atoms with Gasteiger partial charge in [-0.15, -0.1) is 0 Å². The third kappa shape index (κ3) is 5.63. The highest BCUT2D eigenvalue weighted by Crippen LogP contribution is 2.57. The molecule has 1 aromatic rings. The van der Waals surface area contributed by atoms with E-state index in [-0.39, 0.29) is 39.5 Å². The van der Waals surface area contributed by atoms with Crippen LogP contribution in [-0.2, 0) is 18.0 Å². The number of aliphatic imine (C=N–C) groups is 1. The normalized spacial score (nSPS) is 27.4. The minimum atomic E-state index is -2.70. The van der Waals surface area contributed by atoms with E-state index in [2.05, 4.69) is 90.4 Å². The molecule has 0 aromatic carbocycles. The van der Waals surface area contributed by atoms with Gasteiger partial charge in [0.15, 0.2) is 8.32 Å². The second kappa shape index (κ2) is 9.85. The molecule has 3 heterocycles. The van der Waals surface area contributed by atoms with E-state index in [0.29, 0.717) is 12.6 Å². The molecular formula is C26H48N4O4Si2. The summed E-state index contributed by atoms with van der Waals surface area (Å²) in [5.74, 6) is 0.413. The molecule has 0 radical (unpaired) electrons. The van der Waals surface area contributed by atoms with Crippen LogP contribution in [-0.4, -0.2) is 77.1 Å². The number of nitrogens with zero attached hydrogens (tertiary/aromatic N) is 4.